The van der Waals surface area contributed by atoms with Crippen LogP contribution < -0.4 is 26.6 Å². The monoisotopic (exact) mass is 1990 g/mol. The van der Waals surface area contributed by atoms with Gasteiger partial charge in [-0.25, -0.2) is 0 Å². The van der Waals surface area contributed by atoms with E-state index < -0.39 is 433 Å². The number of nitrogens with one attached hydrogen (secondary N) is 5. The summed E-state index contributed by atoms with van der Waals surface area (Å²) in [5.41, 5.74) is 0. The summed E-state index contributed by atoms with van der Waals surface area (Å²) in [7, 11) is 0. The molecule has 0 saturated carbocycles. The topological polar surface area (TPSA) is 926 Å². The van der Waals surface area contributed by atoms with Crippen molar-refractivity contribution in [1.82, 2.24) is 26.6 Å². The predicted octanol–water partition coefficient (Wildman–Crippen LogP) is -23.2. The highest BCUT2D eigenvalue weighted by atomic mass is 16.8. The number of hydrogen-bond acceptors (Lipinski definition) is 55. The zero-order chi connectivity index (χ0) is 100. The zero-order valence-electron chi connectivity index (χ0n) is 73.4. The van der Waals surface area contributed by atoms with Gasteiger partial charge >= 0.3 is 0 Å². The van der Waals surface area contributed by atoms with E-state index in [-0.39, 0.29) is 0 Å². The molecule has 1 unspecified atom stereocenters. The summed E-state index contributed by atoms with van der Waals surface area (Å²) in [5.74, 6) is -4.99. The Labute approximate surface area is 770 Å². The molecule has 0 aromatic rings. The van der Waals surface area contributed by atoms with E-state index >= 15 is 0 Å². The van der Waals surface area contributed by atoms with E-state index in [0.29, 0.717) is 0 Å². The summed E-state index contributed by atoms with van der Waals surface area (Å²) < 4.78 is 128. The molecule has 34 N–H and O–H groups in total. The number of carbonyl (C=O) groups excluding carboxylic acids is 5. The summed E-state index contributed by atoms with van der Waals surface area (Å²) >= 11 is 0. The van der Waals surface area contributed by atoms with Crippen molar-refractivity contribution in [3.05, 3.63) is 0 Å². The van der Waals surface area contributed by atoms with Gasteiger partial charge in [0.25, 0.3) is 0 Å². The van der Waals surface area contributed by atoms with Crippen molar-refractivity contribution in [2.45, 2.75) is 379 Å². The molecule has 0 aromatic heterocycles. The Bertz CT molecular complexity index is 3760. The number of hydrogen-bond donors (Lipinski definition) is 34. The fraction of sp³-hybridized carbons (Fsp3) is 0.934. The lowest BCUT2D eigenvalue weighted by molar-refractivity contribution is -0.409. The van der Waals surface area contributed by atoms with Crippen LogP contribution in [-0.2, 0) is 123 Å². The highest BCUT2D eigenvalue weighted by Gasteiger charge is 2.63. The summed E-state index contributed by atoms with van der Waals surface area (Å²) in [5, 5.41) is 339. The van der Waals surface area contributed by atoms with Gasteiger partial charge in [-0.3, -0.25) is 24.0 Å². The Balaban J connectivity index is 1.01. The van der Waals surface area contributed by atoms with Crippen molar-refractivity contribution in [2.24, 2.45) is 0 Å². The minimum atomic E-state index is -2.83. The fourth-order valence-corrected chi connectivity index (χ4v) is 17.7. The van der Waals surface area contributed by atoms with Gasteiger partial charge in [-0.1, -0.05) is 0 Å². The van der Waals surface area contributed by atoms with E-state index in [1.165, 1.54) is 6.92 Å². The van der Waals surface area contributed by atoms with Crippen LogP contribution in [0.4, 0.5) is 0 Å². The van der Waals surface area contributed by atoms with Gasteiger partial charge in [-0.05, 0) is 6.92 Å². The van der Waals surface area contributed by atoms with Crippen LogP contribution in [0, 0.1) is 0 Å². The molecule has 11 fully saturated rings. The van der Waals surface area contributed by atoms with Gasteiger partial charge in [0, 0.05) is 34.6 Å². The van der Waals surface area contributed by atoms with E-state index in [1.54, 1.807) is 0 Å². The van der Waals surface area contributed by atoms with Gasteiger partial charge in [-0.2, -0.15) is 0 Å². The summed E-state index contributed by atoms with van der Waals surface area (Å²) in [6.07, 6.45) is -108. The molecule has 11 aliphatic heterocycles. The molecule has 0 spiro atoms. The number of ether oxygens (including phenoxy) is 21. The van der Waals surface area contributed by atoms with E-state index in [2.05, 4.69) is 26.6 Å². The normalized spacial score (nSPS) is 49.2. The summed E-state index contributed by atoms with van der Waals surface area (Å²) in [6, 6.07) is -10.1. The first-order valence-electron chi connectivity index (χ1n) is 43.5. The minimum Gasteiger partial charge on any atom is -0.394 e. The van der Waals surface area contributed by atoms with Gasteiger partial charge in [0.15, 0.2) is 69.2 Å². The van der Waals surface area contributed by atoms with Crippen molar-refractivity contribution >= 4 is 29.5 Å². The molecule has 11 saturated heterocycles. The number of amides is 5. The van der Waals surface area contributed by atoms with Crippen LogP contribution in [0.3, 0.4) is 0 Å². The largest absolute Gasteiger partial charge is 0.394 e. The first-order chi connectivity index (χ1) is 64.3. The van der Waals surface area contributed by atoms with Crippen molar-refractivity contribution in [3.8, 4) is 0 Å². The summed E-state index contributed by atoms with van der Waals surface area (Å²) in [6.45, 7) is -5.99. The molecule has 0 bridgehead atoms. The fourth-order valence-electron chi connectivity index (χ4n) is 17.7. The first-order valence-corrected chi connectivity index (χ1v) is 43.5. The molecular formula is C76H127N5O55. The van der Waals surface area contributed by atoms with Crippen molar-refractivity contribution in [1.29, 1.82) is 0 Å². The maximum atomic E-state index is 13.5. The van der Waals surface area contributed by atoms with Crippen LogP contribution in [0.5, 0.6) is 0 Å². The van der Waals surface area contributed by atoms with Crippen LogP contribution in [0.25, 0.3) is 0 Å². The lowest BCUT2D eigenvalue weighted by Gasteiger charge is -2.52. The molecule has 60 heteroatoms. The third-order valence-electron chi connectivity index (χ3n) is 24.9. The Morgan fingerprint density at radius 1 is 0.206 bits per heavy atom. The van der Waals surface area contributed by atoms with Gasteiger partial charge in [0.05, 0.1) is 72.2 Å². The highest BCUT2D eigenvalue weighted by molar-refractivity contribution is 5.75. The molecule has 60 nitrogen and oxygen atoms in total. The zero-order valence-corrected chi connectivity index (χ0v) is 73.4. The average Bonchev–Trinajstić information content (AvgIpc) is 0.739. The van der Waals surface area contributed by atoms with Crippen LogP contribution in [-0.4, -0.2) is 581 Å². The van der Waals surface area contributed by atoms with Crippen LogP contribution in [0.2, 0.25) is 0 Å². The van der Waals surface area contributed by atoms with E-state index in [4.69, 9.17) is 99.5 Å². The lowest BCUT2D eigenvalue weighted by atomic mass is 9.93. The molecule has 0 aliphatic carbocycles. The van der Waals surface area contributed by atoms with Crippen molar-refractivity contribution < 1.29 is 272 Å². The standard InChI is InChI=1S/C76H127N5O55/c1-17-38(95)49(106)54(111)71(118-17)116-15-31-61(45(102)33(66(115)119-31)77-18(2)90)129-68-35(79-20(4)92)46(103)60(30(14-89)125-68)132-74-57(114)63(134-76-65(53(110)43(100)27(11-86)124-76)136-70-37(81-22(6)94)48(105)59(29(13-88)127-70)131-73-56(113)51(108)41(98)25(9-84)122-73)62(133-67-34(78-19(3)91)44(101)39(96)23(7-82)120-67)32(128-74)16-117-75-64(52(109)42(99)26(10-85)123-75)135-69-36(80-21(5)93)47(104)58(28(12-87)126-69)130-72-55(112)50(107)40(97)24(8-83)121-72/h17,23-76,82-89,95-115H,7-16H2,1-6H3,(H,77,90)(H,78,91)(H,79,92)(H,80,93)(H,81,94)/t17-,23-,24-,25-,26-,27-,28-,29-,30-,31-,32-,33-,34-,35-,36-,37-,38+,39-,40+,41+,42-,43-,44-,45-,46-,47-,48-,49+,50+,51+,52+,53+,54-,55-,56-,57+,58-,59-,60-,61-,62-,63-,64+,65+,66?,67+,68+,69+,70+,71+,72+,73+,74+,75+,76-/m1/s1. The van der Waals surface area contributed by atoms with E-state index in [9.17, 15) is 172 Å². The first kappa shape index (κ1) is 112. The molecule has 11 rings (SSSR count). The molecular weight excluding hydrogens is 1860 g/mol. The Morgan fingerprint density at radius 3 is 0.831 bits per heavy atom. The van der Waals surface area contributed by atoms with Crippen LogP contribution in [0.15, 0.2) is 0 Å². The third-order valence-corrected chi connectivity index (χ3v) is 24.9. The van der Waals surface area contributed by atoms with Gasteiger partial charge < -0.3 is 274 Å². The molecule has 11 heterocycles. The lowest BCUT2D eigenvalue weighted by Crippen LogP contribution is -2.72. The van der Waals surface area contributed by atoms with E-state index in [1.807, 2.05) is 0 Å². The van der Waals surface area contributed by atoms with Gasteiger partial charge in [0.1, 0.15) is 262 Å². The number of rotatable bonds is 35. The predicted molar refractivity (Wildman–Crippen MR) is 419 cm³/mol. The van der Waals surface area contributed by atoms with Gasteiger partial charge in [-0.15, -0.1) is 0 Å². The molecule has 5 amide bonds. The number of carbonyl (C=O) groups is 5. The van der Waals surface area contributed by atoms with Crippen LogP contribution in [0.1, 0.15) is 41.5 Å². The molecule has 11 aliphatic rings. The SMILES string of the molecule is CC(=O)N[C@H]1[C@H](O[C@H]2[C@H](O)[C@@H](NC(C)=O)C(O)O[C@@H]2CO[C@H]2O[C@H](C)[C@H](O)[C@H](O)[C@H]2O)O[C@H](CO)[C@@H](O[C@@H]2O[C@H](CO[C@H]3O[C@H](CO)[C@@H](O)[C@H](O)[C@@H]3O[C@@H]3O[C@H](CO)[C@@H](O[C@@H]4O[C@H](CO)[C@H](O)[C@H](O)[C@H]4O)[C@H](O)[C@H]3NC(C)=O)[C@@H](O[C@@H]3O[C@H](CO)[C@@H](O)[C@H](O)[C@H]3NC(C)=O)[C@H](O[C@H]3O[C@H](CO)[C@@H](O)[C@H](O)[C@@H]3O[C@@H]3O[C@H](CO)[C@@H](O[C@@H]4O[C@H](CO)[C@H](O)[C@H](O)[C@H]4O)[C@H](O)[C@H]3NC(C)=O)[C@@H]2O)[C@@H]1O. The van der Waals surface area contributed by atoms with Crippen LogP contribution >= 0.6 is 0 Å². The quantitative estimate of drug-likeness (QED) is 0.0280. The molecule has 0 radical (unpaired) electrons. The second-order valence-corrected chi connectivity index (χ2v) is 34.5. The second kappa shape index (κ2) is 48.8. The highest BCUT2D eigenvalue weighted by Crippen LogP contribution is 2.42. The Morgan fingerprint density at radius 2 is 0.449 bits per heavy atom. The number of aliphatic hydroxyl groups excluding tert-OH is 29. The van der Waals surface area contributed by atoms with Gasteiger partial charge in [0.2, 0.25) is 29.5 Å². The molecule has 55 atom stereocenters. The smallest absolute Gasteiger partial charge is 0.217 e. The average molecular weight is 1990 g/mol. The van der Waals surface area contributed by atoms with E-state index in [0.717, 1.165) is 34.6 Å². The maximum Gasteiger partial charge on any atom is 0.217 e. The molecule has 786 valence electrons. The molecule has 0 aromatic carbocycles. The Hall–Kier alpha value is -4.65. The van der Waals surface area contributed by atoms with Crippen molar-refractivity contribution in [2.75, 3.05) is 66.1 Å². The van der Waals surface area contributed by atoms with Crippen molar-refractivity contribution in [3.63, 3.8) is 0 Å². The third kappa shape index (κ3) is 24.8. The minimum absolute atomic E-state index is 0.882. The maximum absolute atomic E-state index is 13.5. The number of aliphatic hydroxyl groups is 29. The molecule has 136 heavy (non-hydrogen) atoms. The summed E-state index contributed by atoms with van der Waals surface area (Å²) in [4.78, 5) is 65.8. The second-order valence-electron chi connectivity index (χ2n) is 34.5. The Kier molecular flexibility index (Phi) is 40.1.